The van der Waals surface area contributed by atoms with Crippen molar-refractivity contribution in [2.75, 3.05) is 32.9 Å². The molecule has 0 unspecified atom stereocenters. The summed E-state index contributed by atoms with van der Waals surface area (Å²) in [4.78, 5) is 4.34. The number of hydrogen-bond donors (Lipinski definition) is 1. The molecular weight excluding hydrogens is 356 g/mol. The third kappa shape index (κ3) is 2.68. The Balaban J connectivity index is 1.70. The zero-order valence-corrected chi connectivity index (χ0v) is 15.6. The Morgan fingerprint density at radius 3 is 2.85 bits per heavy atom. The number of aliphatic hydroxyl groups is 1. The van der Waals surface area contributed by atoms with Crippen molar-refractivity contribution in [3.63, 3.8) is 0 Å². The third-order valence-electron chi connectivity index (χ3n) is 5.52. The number of sulfonamides is 1. The fourth-order valence-corrected chi connectivity index (χ4v) is 5.69. The second-order valence-electron chi connectivity index (χ2n) is 7.25. The van der Waals surface area contributed by atoms with Crippen LogP contribution in [0.3, 0.4) is 0 Å². The predicted molar refractivity (Wildman–Crippen MR) is 94.0 cm³/mol. The summed E-state index contributed by atoms with van der Waals surface area (Å²) >= 11 is 0. The van der Waals surface area contributed by atoms with E-state index in [9.17, 15) is 13.5 Å². The number of benzene rings is 1. The van der Waals surface area contributed by atoms with Gasteiger partial charge in [-0.2, -0.15) is 4.31 Å². The highest BCUT2D eigenvalue weighted by Crippen LogP contribution is 2.43. The molecular formula is C18H22N2O5S. The second-order valence-corrected chi connectivity index (χ2v) is 9.16. The van der Waals surface area contributed by atoms with Gasteiger partial charge in [0.2, 0.25) is 10.0 Å². The topological polar surface area (TPSA) is 92.9 Å². The molecule has 1 aromatic carbocycles. The molecule has 2 saturated heterocycles. The summed E-state index contributed by atoms with van der Waals surface area (Å²) in [5, 5.41) is 9.81. The Kier molecular flexibility index (Phi) is 4.18. The summed E-state index contributed by atoms with van der Waals surface area (Å²) in [5.41, 5.74) is 0.867. The Morgan fingerprint density at radius 1 is 1.38 bits per heavy atom. The van der Waals surface area contributed by atoms with Crippen LogP contribution in [-0.4, -0.2) is 55.7 Å². The number of aromatic nitrogens is 1. The van der Waals surface area contributed by atoms with Crippen LogP contribution in [0.2, 0.25) is 0 Å². The first-order valence-electron chi connectivity index (χ1n) is 8.58. The van der Waals surface area contributed by atoms with E-state index in [4.69, 9.17) is 9.15 Å². The highest BCUT2D eigenvalue weighted by molar-refractivity contribution is 7.89. The number of aliphatic hydroxyl groups excluding tert-OH is 1. The third-order valence-corrected chi connectivity index (χ3v) is 7.47. The van der Waals surface area contributed by atoms with Gasteiger partial charge in [0.05, 0.1) is 30.9 Å². The van der Waals surface area contributed by atoms with Crippen LogP contribution in [0.15, 0.2) is 33.7 Å². The maximum absolute atomic E-state index is 13.3. The average Bonchev–Trinajstić information content (AvgIpc) is 3.28. The standard InChI is InChI=1S/C18H22N2O5S/c1-12-3-4-14(16-6-19-13(2)25-16)5-17(12)26(22,23)20-7-15-8-24-11-18(15,9-20)10-21/h3-6,15,21H,7-11H2,1-2H3/t15-,18-/m0/s1. The van der Waals surface area contributed by atoms with Crippen LogP contribution >= 0.6 is 0 Å². The lowest BCUT2D eigenvalue weighted by Gasteiger charge is -2.24. The van der Waals surface area contributed by atoms with Crippen molar-refractivity contribution in [1.82, 2.24) is 9.29 Å². The van der Waals surface area contributed by atoms with E-state index >= 15 is 0 Å². The summed E-state index contributed by atoms with van der Waals surface area (Å²) in [6.45, 7) is 4.99. The normalized spacial score (nSPS) is 26.3. The van der Waals surface area contributed by atoms with Gasteiger partial charge >= 0.3 is 0 Å². The van der Waals surface area contributed by atoms with Gasteiger partial charge in [-0.25, -0.2) is 13.4 Å². The molecule has 1 N–H and O–H groups in total. The van der Waals surface area contributed by atoms with Crippen molar-refractivity contribution in [3.8, 4) is 11.3 Å². The highest BCUT2D eigenvalue weighted by atomic mass is 32.2. The number of rotatable bonds is 4. The number of ether oxygens (including phenoxy) is 1. The number of fused-ring (bicyclic) bond motifs is 1. The molecule has 26 heavy (non-hydrogen) atoms. The molecule has 0 radical (unpaired) electrons. The van der Waals surface area contributed by atoms with Gasteiger partial charge in [-0.15, -0.1) is 0 Å². The number of nitrogens with zero attached hydrogens (tertiary/aromatic N) is 2. The van der Waals surface area contributed by atoms with E-state index in [2.05, 4.69) is 4.98 Å². The van der Waals surface area contributed by atoms with Gasteiger partial charge in [0.15, 0.2) is 11.7 Å². The summed E-state index contributed by atoms with van der Waals surface area (Å²) in [6, 6.07) is 5.25. The lowest BCUT2D eigenvalue weighted by molar-refractivity contribution is 0.0905. The molecule has 4 rings (SSSR count). The molecule has 8 heteroatoms. The van der Waals surface area contributed by atoms with E-state index in [1.54, 1.807) is 32.2 Å². The minimum atomic E-state index is -3.68. The smallest absolute Gasteiger partial charge is 0.243 e. The zero-order valence-electron chi connectivity index (χ0n) is 14.8. The summed E-state index contributed by atoms with van der Waals surface area (Å²) in [6.07, 6.45) is 1.59. The van der Waals surface area contributed by atoms with Gasteiger partial charge in [-0.1, -0.05) is 12.1 Å². The van der Waals surface area contributed by atoms with Gasteiger partial charge in [0.25, 0.3) is 0 Å². The fourth-order valence-electron chi connectivity index (χ4n) is 3.85. The maximum atomic E-state index is 13.3. The van der Waals surface area contributed by atoms with Crippen molar-refractivity contribution in [2.24, 2.45) is 11.3 Å². The Labute approximate surface area is 152 Å². The van der Waals surface area contributed by atoms with E-state index in [0.29, 0.717) is 42.5 Å². The molecule has 3 heterocycles. The zero-order chi connectivity index (χ0) is 18.5. The van der Waals surface area contributed by atoms with E-state index < -0.39 is 15.4 Å². The predicted octanol–water partition coefficient (Wildman–Crippen LogP) is 1.59. The van der Waals surface area contributed by atoms with Crippen LogP contribution in [0.4, 0.5) is 0 Å². The van der Waals surface area contributed by atoms with Crippen LogP contribution in [0, 0.1) is 25.2 Å². The summed E-state index contributed by atoms with van der Waals surface area (Å²) in [5.74, 6) is 1.10. The van der Waals surface area contributed by atoms with Crippen molar-refractivity contribution in [1.29, 1.82) is 0 Å². The largest absolute Gasteiger partial charge is 0.441 e. The number of hydrogen-bond acceptors (Lipinski definition) is 6. The Hall–Kier alpha value is -1.74. The van der Waals surface area contributed by atoms with Gasteiger partial charge in [-0.3, -0.25) is 0 Å². The van der Waals surface area contributed by atoms with Crippen molar-refractivity contribution >= 4 is 10.0 Å². The Morgan fingerprint density at radius 2 is 2.19 bits per heavy atom. The first-order valence-corrected chi connectivity index (χ1v) is 10.0. The van der Waals surface area contributed by atoms with Crippen LogP contribution in [0.5, 0.6) is 0 Å². The number of aryl methyl sites for hydroxylation is 2. The number of oxazole rings is 1. The monoisotopic (exact) mass is 378 g/mol. The maximum Gasteiger partial charge on any atom is 0.243 e. The second kappa shape index (κ2) is 6.16. The van der Waals surface area contributed by atoms with E-state index in [1.165, 1.54) is 4.31 Å². The molecule has 0 bridgehead atoms. The van der Waals surface area contributed by atoms with E-state index in [-0.39, 0.29) is 24.0 Å². The minimum Gasteiger partial charge on any atom is -0.441 e. The Bertz CT molecular complexity index is 939. The molecule has 2 aliphatic rings. The molecule has 2 atom stereocenters. The van der Waals surface area contributed by atoms with Crippen LogP contribution in [-0.2, 0) is 14.8 Å². The molecule has 1 aromatic heterocycles. The van der Waals surface area contributed by atoms with Crippen molar-refractivity contribution in [3.05, 3.63) is 35.9 Å². The van der Waals surface area contributed by atoms with Crippen LogP contribution < -0.4 is 0 Å². The molecule has 140 valence electrons. The fraction of sp³-hybridized carbons (Fsp3) is 0.500. The molecule has 7 nitrogen and oxygen atoms in total. The first-order chi connectivity index (χ1) is 12.4. The van der Waals surface area contributed by atoms with E-state index in [0.717, 1.165) is 0 Å². The van der Waals surface area contributed by atoms with Gasteiger partial charge < -0.3 is 14.3 Å². The van der Waals surface area contributed by atoms with Gasteiger partial charge in [0, 0.05) is 36.9 Å². The average molecular weight is 378 g/mol. The van der Waals surface area contributed by atoms with Crippen LogP contribution in [0.25, 0.3) is 11.3 Å². The minimum absolute atomic E-state index is 0.0303. The lowest BCUT2D eigenvalue weighted by Crippen LogP contribution is -2.36. The highest BCUT2D eigenvalue weighted by Gasteiger charge is 2.53. The summed E-state index contributed by atoms with van der Waals surface area (Å²) < 4.78 is 39.1. The quantitative estimate of drug-likeness (QED) is 0.868. The molecule has 2 fully saturated rings. The van der Waals surface area contributed by atoms with Crippen molar-refractivity contribution in [2.45, 2.75) is 18.7 Å². The molecule has 2 aromatic rings. The van der Waals surface area contributed by atoms with Gasteiger partial charge in [0.1, 0.15) is 0 Å². The molecule has 0 spiro atoms. The molecule has 0 amide bonds. The SMILES string of the molecule is Cc1ncc(-c2ccc(C)c(S(=O)(=O)N3C[C@H]4COC[C@@]4(CO)C3)c2)o1. The van der Waals surface area contributed by atoms with Crippen molar-refractivity contribution < 1.29 is 22.7 Å². The molecule has 2 aliphatic heterocycles. The lowest BCUT2D eigenvalue weighted by atomic mass is 9.82. The van der Waals surface area contributed by atoms with E-state index in [1.807, 2.05) is 6.07 Å². The van der Waals surface area contributed by atoms with Crippen LogP contribution in [0.1, 0.15) is 11.5 Å². The van der Waals surface area contributed by atoms with Gasteiger partial charge in [-0.05, 0) is 18.6 Å². The first kappa shape index (κ1) is 17.7. The summed E-state index contributed by atoms with van der Waals surface area (Å²) in [7, 11) is -3.68. The molecule has 0 saturated carbocycles. The molecule has 0 aliphatic carbocycles.